The van der Waals surface area contributed by atoms with Gasteiger partial charge >= 0.3 is 0 Å². The molecule has 1 aromatic heterocycles. The topological polar surface area (TPSA) is 96.4 Å². The SMILES string of the molecule is CC(=NO)c1ccc(Nc2cc(-c3cc(Cl)cc(Cl)c3Cl)nc(N)n2)cc1. The third-order valence-electron chi connectivity index (χ3n) is 3.74. The molecule has 0 fully saturated rings. The molecule has 0 spiro atoms. The zero-order chi connectivity index (χ0) is 19.6. The maximum absolute atomic E-state index is 8.84. The molecule has 0 saturated heterocycles. The molecule has 4 N–H and O–H groups in total. The van der Waals surface area contributed by atoms with Crippen LogP contribution in [-0.2, 0) is 0 Å². The standard InChI is InChI=1S/C18H14Cl3N5O/c1-9(26-27)10-2-4-12(5-3-10)23-16-8-15(24-18(22)25-16)13-6-11(19)7-14(20)17(13)21/h2-8,27H,1H3,(H3,22,23,24,25). The second-order valence-electron chi connectivity index (χ2n) is 5.63. The largest absolute Gasteiger partial charge is 0.411 e. The van der Waals surface area contributed by atoms with Crippen molar-refractivity contribution < 1.29 is 5.21 Å². The van der Waals surface area contributed by atoms with Crippen LogP contribution in [0.4, 0.5) is 17.5 Å². The normalized spacial score (nSPS) is 11.5. The Bertz CT molecular complexity index is 1020. The van der Waals surface area contributed by atoms with Crippen LogP contribution in [0.1, 0.15) is 12.5 Å². The van der Waals surface area contributed by atoms with Crippen LogP contribution in [0.3, 0.4) is 0 Å². The molecule has 0 aliphatic carbocycles. The number of oxime groups is 1. The summed E-state index contributed by atoms with van der Waals surface area (Å²) in [5.41, 5.74) is 8.96. The lowest BCUT2D eigenvalue weighted by Crippen LogP contribution is -2.02. The van der Waals surface area contributed by atoms with E-state index < -0.39 is 0 Å². The second kappa shape index (κ2) is 8.00. The average molecular weight is 423 g/mol. The van der Waals surface area contributed by atoms with Gasteiger partial charge in [0.05, 0.1) is 21.5 Å². The first-order valence-electron chi connectivity index (χ1n) is 7.73. The first-order chi connectivity index (χ1) is 12.9. The number of nitrogen functional groups attached to an aromatic ring is 1. The Hall–Kier alpha value is -2.54. The van der Waals surface area contributed by atoms with E-state index in [2.05, 4.69) is 20.4 Å². The molecule has 27 heavy (non-hydrogen) atoms. The molecule has 6 nitrogen and oxygen atoms in total. The molecule has 2 aromatic carbocycles. The zero-order valence-corrected chi connectivity index (χ0v) is 16.3. The monoisotopic (exact) mass is 421 g/mol. The Kier molecular flexibility index (Phi) is 5.70. The van der Waals surface area contributed by atoms with Crippen molar-refractivity contribution in [3.05, 3.63) is 63.1 Å². The first-order valence-corrected chi connectivity index (χ1v) is 8.86. The smallest absolute Gasteiger partial charge is 0.222 e. The van der Waals surface area contributed by atoms with E-state index in [4.69, 9.17) is 45.7 Å². The fourth-order valence-corrected chi connectivity index (χ4v) is 3.11. The minimum Gasteiger partial charge on any atom is -0.411 e. The van der Waals surface area contributed by atoms with E-state index in [1.807, 2.05) is 24.3 Å². The number of nitrogens with two attached hydrogens (primary N) is 1. The van der Waals surface area contributed by atoms with Crippen molar-refractivity contribution in [1.29, 1.82) is 0 Å². The highest BCUT2D eigenvalue weighted by atomic mass is 35.5. The van der Waals surface area contributed by atoms with E-state index in [-0.39, 0.29) is 5.95 Å². The fourth-order valence-electron chi connectivity index (χ4n) is 2.41. The Labute approximate surface area is 170 Å². The number of nitrogens with zero attached hydrogens (tertiary/aromatic N) is 3. The van der Waals surface area contributed by atoms with Crippen molar-refractivity contribution in [1.82, 2.24) is 9.97 Å². The third kappa shape index (κ3) is 4.42. The van der Waals surface area contributed by atoms with Crippen molar-refractivity contribution in [2.24, 2.45) is 5.16 Å². The van der Waals surface area contributed by atoms with Gasteiger partial charge in [0, 0.05) is 22.3 Å². The van der Waals surface area contributed by atoms with Gasteiger partial charge in [0.1, 0.15) is 5.82 Å². The molecule has 1 heterocycles. The van der Waals surface area contributed by atoms with Crippen LogP contribution in [0, 0.1) is 0 Å². The number of hydrogen-bond donors (Lipinski definition) is 3. The van der Waals surface area contributed by atoms with Gasteiger partial charge in [0.2, 0.25) is 5.95 Å². The van der Waals surface area contributed by atoms with Crippen molar-refractivity contribution >= 4 is 58.0 Å². The third-order valence-corrected chi connectivity index (χ3v) is 4.76. The molecule has 0 bridgehead atoms. The van der Waals surface area contributed by atoms with Crippen LogP contribution in [-0.4, -0.2) is 20.9 Å². The van der Waals surface area contributed by atoms with Crippen LogP contribution < -0.4 is 11.1 Å². The Morgan fingerprint density at radius 3 is 2.44 bits per heavy atom. The van der Waals surface area contributed by atoms with Gasteiger partial charge in [-0.25, -0.2) is 4.98 Å². The van der Waals surface area contributed by atoms with Gasteiger partial charge in [-0.05, 0) is 36.8 Å². The van der Waals surface area contributed by atoms with E-state index >= 15 is 0 Å². The van der Waals surface area contributed by atoms with E-state index in [0.717, 1.165) is 11.3 Å². The Morgan fingerprint density at radius 2 is 1.78 bits per heavy atom. The number of anilines is 3. The molecular formula is C18H14Cl3N5O. The van der Waals surface area contributed by atoms with Crippen LogP contribution >= 0.6 is 34.8 Å². The van der Waals surface area contributed by atoms with Crippen LogP contribution in [0.15, 0.2) is 47.6 Å². The Morgan fingerprint density at radius 1 is 1.07 bits per heavy atom. The predicted molar refractivity (Wildman–Crippen MR) is 111 cm³/mol. The first kappa shape index (κ1) is 19.2. The second-order valence-corrected chi connectivity index (χ2v) is 6.86. The van der Waals surface area contributed by atoms with Crippen LogP contribution in [0.25, 0.3) is 11.3 Å². The molecular weight excluding hydrogens is 409 g/mol. The van der Waals surface area contributed by atoms with E-state index in [1.54, 1.807) is 25.1 Å². The average Bonchev–Trinajstić information content (AvgIpc) is 2.64. The van der Waals surface area contributed by atoms with Gasteiger partial charge in [-0.3, -0.25) is 0 Å². The fraction of sp³-hybridized carbons (Fsp3) is 0.0556. The quantitative estimate of drug-likeness (QED) is 0.219. The molecule has 138 valence electrons. The summed E-state index contributed by atoms with van der Waals surface area (Å²) < 4.78 is 0. The molecule has 0 amide bonds. The molecule has 9 heteroatoms. The van der Waals surface area contributed by atoms with Gasteiger partial charge in [-0.15, -0.1) is 0 Å². The zero-order valence-electron chi connectivity index (χ0n) is 14.0. The highest BCUT2D eigenvalue weighted by Crippen LogP contribution is 2.36. The molecule has 3 rings (SSSR count). The number of halogens is 3. The van der Waals surface area contributed by atoms with E-state index in [1.165, 1.54) is 0 Å². The number of hydrogen-bond acceptors (Lipinski definition) is 6. The minimum atomic E-state index is 0.0713. The van der Waals surface area contributed by atoms with Gasteiger partial charge < -0.3 is 16.3 Å². The highest BCUT2D eigenvalue weighted by Gasteiger charge is 2.13. The maximum Gasteiger partial charge on any atom is 0.222 e. The highest BCUT2D eigenvalue weighted by molar-refractivity contribution is 6.45. The van der Waals surface area contributed by atoms with Crippen molar-refractivity contribution in [3.8, 4) is 11.3 Å². The molecule has 0 atom stereocenters. The van der Waals surface area contributed by atoms with Crippen molar-refractivity contribution in [2.75, 3.05) is 11.1 Å². The maximum atomic E-state index is 8.84. The lowest BCUT2D eigenvalue weighted by atomic mass is 10.1. The molecule has 0 saturated carbocycles. The van der Waals surface area contributed by atoms with Gasteiger partial charge in [0.15, 0.2) is 0 Å². The molecule has 3 aromatic rings. The van der Waals surface area contributed by atoms with E-state index in [9.17, 15) is 0 Å². The summed E-state index contributed by atoms with van der Waals surface area (Å²) in [5.74, 6) is 0.548. The molecule has 0 radical (unpaired) electrons. The molecule has 0 unspecified atom stereocenters. The predicted octanol–water partition coefficient (Wildman–Crippen LogP) is 5.63. The van der Waals surface area contributed by atoms with Gasteiger partial charge in [-0.2, -0.15) is 4.98 Å². The van der Waals surface area contributed by atoms with Crippen molar-refractivity contribution in [2.45, 2.75) is 6.92 Å². The summed E-state index contributed by atoms with van der Waals surface area (Å²) in [5, 5.41) is 16.2. The molecule has 0 aliphatic heterocycles. The number of rotatable bonds is 4. The summed E-state index contributed by atoms with van der Waals surface area (Å²) in [7, 11) is 0. The summed E-state index contributed by atoms with van der Waals surface area (Å²) in [6.45, 7) is 1.71. The number of nitrogens with one attached hydrogen (secondary N) is 1. The molecule has 0 aliphatic rings. The number of aromatic nitrogens is 2. The van der Waals surface area contributed by atoms with Gasteiger partial charge in [0.25, 0.3) is 0 Å². The summed E-state index contributed by atoms with van der Waals surface area (Å²) in [4.78, 5) is 8.40. The van der Waals surface area contributed by atoms with Gasteiger partial charge in [-0.1, -0.05) is 52.1 Å². The lowest BCUT2D eigenvalue weighted by Gasteiger charge is -2.11. The summed E-state index contributed by atoms with van der Waals surface area (Å²) >= 11 is 18.5. The minimum absolute atomic E-state index is 0.0713. The Balaban J connectivity index is 1.95. The van der Waals surface area contributed by atoms with Crippen LogP contribution in [0.5, 0.6) is 0 Å². The number of benzene rings is 2. The summed E-state index contributed by atoms with van der Waals surface area (Å²) in [6, 6.07) is 12.2. The van der Waals surface area contributed by atoms with E-state index in [0.29, 0.717) is 37.9 Å². The van der Waals surface area contributed by atoms with Crippen molar-refractivity contribution in [3.63, 3.8) is 0 Å². The van der Waals surface area contributed by atoms with Crippen LogP contribution in [0.2, 0.25) is 15.1 Å². The summed E-state index contributed by atoms with van der Waals surface area (Å²) in [6.07, 6.45) is 0. The lowest BCUT2D eigenvalue weighted by molar-refractivity contribution is 0.319.